The molecule has 100 valence electrons. The molecule has 0 aliphatic carbocycles. The van der Waals surface area contributed by atoms with Crippen LogP contribution in [0.2, 0.25) is 0 Å². The highest BCUT2D eigenvalue weighted by Crippen LogP contribution is 2.29. The first-order valence-electron chi connectivity index (χ1n) is 5.71. The lowest BCUT2D eigenvalue weighted by Crippen LogP contribution is -1.95. The third-order valence-corrected chi connectivity index (χ3v) is 3.05. The van der Waals surface area contributed by atoms with Crippen molar-refractivity contribution in [2.24, 2.45) is 0 Å². The molecule has 0 saturated carbocycles. The van der Waals surface area contributed by atoms with Gasteiger partial charge in [0, 0.05) is 5.56 Å². The lowest BCUT2D eigenvalue weighted by molar-refractivity contribution is 0.252. The van der Waals surface area contributed by atoms with Gasteiger partial charge in [0.1, 0.15) is 5.75 Å². The minimum absolute atomic E-state index is 0.275. The SMILES string of the molecule is C=C(C)c1cc(CCCOP(O)O)cc(C)c1O. The van der Waals surface area contributed by atoms with Crippen LogP contribution in [0.5, 0.6) is 5.75 Å². The number of phenolic OH excluding ortho intramolecular Hbond substituents is 1. The summed E-state index contributed by atoms with van der Waals surface area (Å²) in [5, 5.41) is 9.89. The van der Waals surface area contributed by atoms with E-state index in [1.807, 2.05) is 26.0 Å². The van der Waals surface area contributed by atoms with Gasteiger partial charge in [-0.3, -0.25) is 0 Å². The summed E-state index contributed by atoms with van der Waals surface area (Å²) in [6.07, 6.45) is 1.45. The van der Waals surface area contributed by atoms with Crippen molar-refractivity contribution in [3.63, 3.8) is 0 Å². The lowest BCUT2D eigenvalue weighted by atomic mass is 9.98. The number of phenols is 1. The van der Waals surface area contributed by atoms with Crippen molar-refractivity contribution >= 4 is 14.2 Å². The highest BCUT2D eigenvalue weighted by atomic mass is 31.2. The Bertz CT molecular complexity index is 429. The maximum atomic E-state index is 9.89. The summed E-state index contributed by atoms with van der Waals surface area (Å²) in [5.74, 6) is 0.275. The van der Waals surface area contributed by atoms with Crippen molar-refractivity contribution < 1.29 is 19.4 Å². The topological polar surface area (TPSA) is 69.9 Å². The molecule has 0 unspecified atom stereocenters. The number of rotatable bonds is 6. The van der Waals surface area contributed by atoms with Gasteiger partial charge >= 0.3 is 8.60 Å². The quantitative estimate of drug-likeness (QED) is 0.549. The van der Waals surface area contributed by atoms with Gasteiger partial charge in [-0.05, 0) is 49.5 Å². The zero-order valence-electron chi connectivity index (χ0n) is 10.7. The molecule has 0 aromatic heterocycles. The molecule has 0 radical (unpaired) electrons. The van der Waals surface area contributed by atoms with Crippen LogP contribution in [-0.4, -0.2) is 21.5 Å². The Morgan fingerprint density at radius 2 is 2.06 bits per heavy atom. The van der Waals surface area contributed by atoms with Crippen molar-refractivity contribution in [1.82, 2.24) is 0 Å². The highest BCUT2D eigenvalue weighted by Gasteiger charge is 2.08. The van der Waals surface area contributed by atoms with Crippen LogP contribution in [0.15, 0.2) is 18.7 Å². The molecule has 1 aromatic rings. The van der Waals surface area contributed by atoms with Gasteiger partial charge in [0.15, 0.2) is 0 Å². The minimum Gasteiger partial charge on any atom is -0.507 e. The molecule has 0 heterocycles. The van der Waals surface area contributed by atoms with Gasteiger partial charge in [0.2, 0.25) is 0 Å². The number of aryl methyl sites for hydroxylation is 2. The molecular weight excluding hydrogens is 251 g/mol. The first kappa shape index (κ1) is 15.1. The predicted octanol–water partition coefficient (Wildman–Crippen LogP) is 2.89. The number of benzene rings is 1. The molecule has 0 aliphatic rings. The van der Waals surface area contributed by atoms with Gasteiger partial charge in [-0.1, -0.05) is 12.6 Å². The Hall–Kier alpha value is -0.930. The van der Waals surface area contributed by atoms with Crippen molar-refractivity contribution in [2.45, 2.75) is 26.7 Å². The fourth-order valence-corrected chi connectivity index (χ4v) is 2.04. The summed E-state index contributed by atoms with van der Waals surface area (Å²) in [4.78, 5) is 17.2. The first-order chi connectivity index (χ1) is 8.41. The smallest absolute Gasteiger partial charge is 0.327 e. The van der Waals surface area contributed by atoms with Crippen molar-refractivity contribution in [3.05, 3.63) is 35.4 Å². The Kier molecular flexibility index (Phi) is 5.76. The van der Waals surface area contributed by atoms with E-state index in [0.29, 0.717) is 13.0 Å². The van der Waals surface area contributed by atoms with Crippen molar-refractivity contribution in [3.8, 4) is 5.75 Å². The molecule has 0 aliphatic heterocycles. The second-order valence-electron chi connectivity index (χ2n) is 4.28. The van der Waals surface area contributed by atoms with Gasteiger partial charge in [0.25, 0.3) is 0 Å². The van der Waals surface area contributed by atoms with E-state index in [-0.39, 0.29) is 5.75 Å². The summed E-state index contributed by atoms with van der Waals surface area (Å²) in [7, 11) is -2.26. The molecule has 0 atom stereocenters. The van der Waals surface area contributed by atoms with Crippen LogP contribution in [-0.2, 0) is 10.9 Å². The second-order valence-corrected chi connectivity index (χ2v) is 5.04. The lowest BCUT2D eigenvalue weighted by Gasteiger charge is -2.11. The summed E-state index contributed by atoms with van der Waals surface area (Å²) >= 11 is 0. The van der Waals surface area contributed by atoms with Gasteiger partial charge in [-0.2, -0.15) is 0 Å². The first-order valence-corrected chi connectivity index (χ1v) is 6.87. The molecule has 3 N–H and O–H groups in total. The van der Waals surface area contributed by atoms with E-state index in [1.165, 1.54) is 0 Å². The number of aromatic hydroxyl groups is 1. The molecule has 5 heteroatoms. The molecule has 1 aromatic carbocycles. The molecule has 1 rings (SSSR count). The fourth-order valence-electron chi connectivity index (χ4n) is 1.75. The van der Waals surface area contributed by atoms with E-state index in [9.17, 15) is 5.11 Å². The molecule has 0 spiro atoms. The molecule has 0 bridgehead atoms. The van der Waals surface area contributed by atoms with E-state index in [2.05, 4.69) is 6.58 Å². The van der Waals surface area contributed by atoms with E-state index < -0.39 is 8.60 Å². The fraction of sp³-hybridized carbons (Fsp3) is 0.385. The predicted molar refractivity (Wildman–Crippen MR) is 73.2 cm³/mol. The van der Waals surface area contributed by atoms with Gasteiger partial charge in [0.05, 0.1) is 6.61 Å². The molecule has 0 amide bonds. The molecule has 0 fully saturated rings. The zero-order valence-corrected chi connectivity index (χ0v) is 11.6. The molecular formula is C13H19O4P. The highest BCUT2D eigenvalue weighted by molar-refractivity contribution is 7.39. The standard InChI is InChI=1S/C13H19O4P/c1-9(2)12-8-11(7-10(3)13(12)14)5-4-6-17-18(15)16/h7-8,14-16H,1,4-6H2,2-3H3. The summed E-state index contributed by atoms with van der Waals surface area (Å²) in [5.41, 5.74) is 3.48. The van der Waals surface area contributed by atoms with E-state index >= 15 is 0 Å². The van der Waals surface area contributed by atoms with Crippen LogP contribution >= 0.6 is 8.60 Å². The van der Waals surface area contributed by atoms with Crippen LogP contribution in [0.1, 0.15) is 30.0 Å². The van der Waals surface area contributed by atoms with E-state index in [1.54, 1.807) is 0 Å². The summed E-state index contributed by atoms with van der Waals surface area (Å²) < 4.78 is 4.70. The maximum absolute atomic E-state index is 9.89. The van der Waals surface area contributed by atoms with Crippen molar-refractivity contribution in [1.29, 1.82) is 0 Å². The number of allylic oxidation sites excluding steroid dienone is 1. The Balaban J connectivity index is 2.69. The summed E-state index contributed by atoms with van der Waals surface area (Å²) in [6, 6.07) is 3.83. The van der Waals surface area contributed by atoms with Crippen LogP contribution in [0.3, 0.4) is 0 Å². The molecule has 0 saturated heterocycles. The minimum atomic E-state index is -2.26. The zero-order chi connectivity index (χ0) is 13.7. The van der Waals surface area contributed by atoms with Crippen LogP contribution in [0.4, 0.5) is 0 Å². The third kappa shape index (κ3) is 4.39. The monoisotopic (exact) mass is 270 g/mol. The van der Waals surface area contributed by atoms with Gasteiger partial charge < -0.3 is 19.4 Å². The number of hydrogen-bond donors (Lipinski definition) is 3. The molecule has 18 heavy (non-hydrogen) atoms. The average Bonchev–Trinajstić information content (AvgIpc) is 2.28. The average molecular weight is 270 g/mol. The van der Waals surface area contributed by atoms with Crippen LogP contribution in [0.25, 0.3) is 5.57 Å². The normalized spacial score (nSPS) is 10.9. The Labute approximate surface area is 109 Å². The summed E-state index contributed by atoms with van der Waals surface area (Å²) in [6.45, 7) is 7.85. The van der Waals surface area contributed by atoms with Gasteiger partial charge in [-0.25, -0.2) is 0 Å². The second kappa shape index (κ2) is 6.86. The Morgan fingerprint density at radius 3 is 2.61 bits per heavy atom. The third-order valence-electron chi connectivity index (χ3n) is 2.64. The largest absolute Gasteiger partial charge is 0.507 e. The maximum Gasteiger partial charge on any atom is 0.327 e. The Morgan fingerprint density at radius 1 is 1.39 bits per heavy atom. The van der Waals surface area contributed by atoms with Crippen LogP contribution < -0.4 is 0 Å². The van der Waals surface area contributed by atoms with Crippen molar-refractivity contribution in [2.75, 3.05) is 6.61 Å². The molecule has 4 nitrogen and oxygen atoms in total. The van der Waals surface area contributed by atoms with Gasteiger partial charge in [-0.15, -0.1) is 0 Å². The van der Waals surface area contributed by atoms with E-state index in [0.717, 1.165) is 28.7 Å². The van der Waals surface area contributed by atoms with E-state index in [4.69, 9.17) is 14.3 Å². The van der Waals surface area contributed by atoms with Crippen LogP contribution in [0, 0.1) is 6.92 Å². The number of hydrogen-bond acceptors (Lipinski definition) is 4.